The second-order valence-electron chi connectivity index (χ2n) is 3.58. The highest BCUT2D eigenvalue weighted by molar-refractivity contribution is 5.88. The van der Waals surface area contributed by atoms with E-state index in [0.717, 1.165) is 0 Å². The summed E-state index contributed by atoms with van der Waals surface area (Å²) in [4.78, 5) is 22.7. The van der Waals surface area contributed by atoms with E-state index in [1.165, 1.54) is 6.20 Å². The molecule has 0 saturated heterocycles. The fourth-order valence-corrected chi connectivity index (χ4v) is 1.33. The number of nitrogens with one attached hydrogen (secondary N) is 1. The first-order valence-electron chi connectivity index (χ1n) is 5.16. The summed E-state index contributed by atoms with van der Waals surface area (Å²) >= 11 is 0. The van der Waals surface area contributed by atoms with Gasteiger partial charge in [-0.3, -0.25) is 0 Å². The lowest BCUT2D eigenvalue weighted by Gasteiger charge is -2.04. The number of aromatic carboxylic acids is 1. The van der Waals surface area contributed by atoms with Crippen LogP contribution in [-0.2, 0) is 6.54 Å². The SMILES string of the molecule is Cc1nc(CNc2ncc(C(=O)O)c(C)n2)no1. The smallest absolute Gasteiger partial charge is 0.339 e. The molecule has 0 fully saturated rings. The molecule has 0 atom stereocenters. The molecular formula is C10H11N5O3. The van der Waals surface area contributed by atoms with E-state index in [-0.39, 0.29) is 5.56 Å². The number of carbonyl (C=O) groups is 1. The Hall–Kier alpha value is -2.51. The van der Waals surface area contributed by atoms with E-state index >= 15 is 0 Å². The molecule has 0 radical (unpaired) electrons. The summed E-state index contributed by atoms with van der Waals surface area (Å²) in [6.45, 7) is 3.61. The highest BCUT2D eigenvalue weighted by Crippen LogP contribution is 2.07. The Morgan fingerprint density at radius 2 is 2.22 bits per heavy atom. The molecule has 0 saturated carbocycles. The van der Waals surface area contributed by atoms with Crippen molar-refractivity contribution in [2.75, 3.05) is 5.32 Å². The van der Waals surface area contributed by atoms with E-state index in [4.69, 9.17) is 9.63 Å². The minimum atomic E-state index is -1.05. The summed E-state index contributed by atoms with van der Waals surface area (Å²) in [6.07, 6.45) is 1.26. The third-order valence-electron chi connectivity index (χ3n) is 2.18. The number of nitrogens with zero attached hydrogens (tertiary/aromatic N) is 4. The van der Waals surface area contributed by atoms with Gasteiger partial charge >= 0.3 is 5.97 Å². The zero-order valence-corrected chi connectivity index (χ0v) is 9.84. The van der Waals surface area contributed by atoms with E-state index < -0.39 is 5.97 Å². The van der Waals surface area contributed by atoms with Gasteiger partial charge in [-0.05, 0) is 6.92 Å². The molecule has 18 heavy (non-hydrogen) atoms. The average Bonchev–Trinajstić information content (AvgIpc) is 2.72. The topological polar surface area (TPSA) is 114 Å². The van der Waals surface area contributed by atoms with Gasteiger partial charge < -0.3 is 14.9 Å². The molecule has 0 amide bonds. The van der Waals surface area contributed by atoms with Crippen LogP contribution in [0.2, 0.25) is 0 Å². The number of aromatic nitrogens is 4. The van der Waals surface area contributed by atoms with E-state index in [1.807, 2.05) is 0 Å². The van der Waals surface area contributed by atoms with Crippen LogP contribution in [-0.4, -0.2) is 31.2 Å². The van der Waals surface area contributed by atoms with Crippen molar-refractivity contribution in [2.45, 2.75) is 20.4 Å². The number of carboxylic acids is 1. The maximum atomic E-state index is 10.8. The lowest BCUT2D eigenvalue weighted by molar-refractivity contribution is 0.0695. The molecule has 8 heteroatoms. The normalized spacial score (nSPS) is 10.3. The molecule has 0 bridgehead atoms. The maximum Gasteiger partial charge on any atom is 0.339 e. The lowest BCUT2D eigenvalue weighted by Crippen LogP contribution is -2.09. The standard InChI is InChI=1S/C10H11N5O3/c1-5-7(9(16)17)3-11-10(13-5)12-4-8-14-6(2)18-15-8/h3H,4H2,1-2H3,(H,16,17)(H,11,12,13). The lowest BCUT2D eigenvalue weighted by atomic mass is 10.2. The van der Waals surface area contributed by atoms with E-state index in [2.05, 4.69) is 25.4 Å². The predicted octanol–water partition coefficient (Wildman–Crippen LogP) is 0.787. The Morgan fingerprint density at radius 3 is 2.78 bits per heavy atom. The minimum absolute atomic E-state index is 0.0796. The fraction of sp³-hybridized carbons (Fsp3) is 0.300. The van der Waals surface area contributed by atoms with Gasteiger partial charge in [0.15, 0.2) is 5.82 Å². The van der Waals surface area contributed by atoms with Crippen molar-refractivity contribution in [3.05, 3.63) is 29.2 Å². The van der Waals surface area contributed by atoms with Crippen molar-refractivity contribution in [1.82, 2.24) is 20.1 Å². The fourth-order valence-electron chi connectivity index (χ4n) is 1.33. The first-order chi connectivity index (χ1) is 8.56. The molecule has 2 aromatic heterocycles. The van der Waals surface area contributed by atoms with Crippen LogP contribution in [0.1, 0.15) is 27.8 Å². The molecule has 2 aromatic rings. The number of rotatable bonds is 4. The van der Waals surface area contributed by atoms with Crippen LogP contribution in [0.4, 0.5) is 5.95 Å². The van der Waals surface area contributed by atoms with E-state index in [0.29, 0.717) is 29.9 Å². The van der Waals surface area contributed by atoms with Crippen LogP contribution in [0.5, 0.6) is 0 Å². The third kappa shape index (κ3) is 2.59. The molecule has 0 spiro atoms. The highest BCUT2D eigenvalue weighted by Gasteiger charge is 2.10. The molecule has 2 rings (SSSR count). The Bertz CT molecular complexity index is 581. The number of anilines is 1. The average molecular weight is 249 g/mol. The summed E-state index contributed by atoms with van der Waals surface area (Å²) in [6, 6.07) is 0. The summed E-state index contributed by atoms with van der Waals surface area (Å²) in [7, 11) is 0. The molecular weight excluding hydrogens is 238 g/mol. The monoisotopic (exact) mass is 249 g/mol. The molecule has 8 nitrogen and oxygen atoms in total. The van der Waals surface area contributed by atoms with Crippen molar-refractivity contribution < 1.29 is 14.4 Å². The van der Waals surface area contributed by atoms with Crippen LogP contribution in [0.25, 0.3) is 0 Å². The summed E-state index contributed by atoms with van der Waals surface area (Å²) in [5.74, 6) is 0.231. The molecule has 94 valence electrons. The van der Waals surface area contributed by atoms with Crippen LogP contribution >= 0.6 is 0 Å². The maximum absolute atomic E-state index is 10.8. The second-order valence-corrected chi connectivity index (χ2v) is 3.58. The molecule has 0 aromatic carbocycles. The van der Waals surface area contributed by atoms with Gasteiger partial charge in [-0.1, -0.05) is 5.16 Å². The quantitative estimate of drug-likeness (QED) is 0.817. The molecule has 2 heterocycles. The Morgan fingerprint density at radius 1 is 1.44 bits per heavy atom. The van der Waals surface area contributed by atoms with E-state index in [1.54, 1.807) is 13.8 Å². The van der Waals surface area contributed by atoms with E-state index in [9.17, 15) is 4.79 Å². The van der Waals surface area contributed by atoms with Gasteiger partial charge in [0.25, 0.3) is 0 Å². The van der Waals surface area contributed by atoms with Crippen molar-refractivity contribution in [1.29, 1.82) is 0 Å². The van der Waals surface area contributed by atoms with Crippen molar-refractivity contribution in [3.63, 3.8) is 0 Å². The van der Waals surface area contributed by atoms with Crippen LogP contribution in [0.15, 0.2) is 10.7 Å². The van der Waals surface area contributed by atoms with Crippen LogP contribution in [0.3, 0.4) is 0 Å². The van der Waals surface area contributed by atoms with Crippen LogP contribution < -0.4 is 5.32 Å². The number of carboxylic acid groups (broad SMARTS) is 1. The number of aryl methyl sites for hydroxylation is 2. The van der Waals surface area contributed by atoms with Gasteiger partial charge in [0.05, 0.1) is 17.8 Å². The predicted molar refractivity (Wildman–Crippen MR) is 60.1 cm³/mol. The Labute approximate surface area is 102 Å². The molecule has 0 aliphatic carbocycles. The van der Waals surface area contributed by atoms with Gasteiger partial charge in [-0.25, -0.2) is 14.8 Å². The van der Waals surface area contributed by atoms with Crippen molar-refractivity contribution >= 4 is 11.9 Å². The molecule has 0 aliphatic heterocycles. The van der Waals surface area contributed by atoms with Gasteiger partial charge in [-0.2, -0.15) is 4.98 Å². The van der Waals surface area contributed by atoms with Gasteiger partial charge in [0.1, 0.15) is 0 Å². The third-order valence-corrected chi connectivity index (χ3v) is 2.18. The molecule has 0 aliphatic rings. The first kappa shape index (κ1) is 12.0. The summed E-state index contributed by atoms with van der Waals surface area (Å²) in [5.41, 5.74) is 0.472. The minimum Gasteiger partial charge on any atom is -0.478 e. The van der Waals surface area contributed by atoms with Gasteiger partial charge in [-0.15, -0.1) is 0 Å². The largest absolute Gasteiger partial charge is 0.478 e. The van der Waals surface area contributed by atoms with Crippen molar-refractivity contribution in [2.24, 2.45) is 0 Å². The molecule has 0 unspecified atom stereocenters. The first-order valence-corrected chi connectivity index (χ1v) is 5.16. The Kier molecular flexibility index (Phi) is 3.18. The summed E-state index contributed by atoms with van der Waals surface area (Å²) < 4.78 is 4.81. The highest BCUT2D eigenvalue weighted by atomic mass is 16.5. The van der Waals surface area contributed by atoms with Crippen molar-refractivity contribution in [3.8, 4) is 0 Å². The molecule has 2 N–H and O–H groups in total. The number of hydrogen-bond acceptors (Lipinski definition) is 7. The number of hydrogen-bond donors (Lipinski definition) is 2. The zero-order valence-electron chi connectivity index (χ0n) is 9.84. The second kappa shape index (κ2) is 4.78. The van der Waals surface area contributed by atoms with Crippen LogP contribution in [0, 0.1) is 13.8 Å². The Balaban J connectivity index is 2.06. The summed E-state index contributed by atoms with van der Waals surface area (Å²) in [5, 5.41) is 15.4. The van der Waals surface area contributed by atoms with Gasteiger partial charge in [0, 0.05) is 13.1 Å². The zero-order chi connectivity index (χ0) is 13.1. The van der Waals surface area contributed by atoms with Gasteiger partial charge in [0.2, 0.25) is 11.8 Å².